The molecule has 0 amide bonds. The molecule has 0 bridgehead atoms. The van der Waals surface area contributed by atoms with E-state index in [0.717, 1.165) is 18.4 Å². The van der Waals surface area contributed by atoms with Gasteiger partial charge in [-0.1, -0.05) is 54.9 Å². The molecule has 4 nitrogen and oxygen atoms in total. The maximum Gasteiger partial charge on any atom is 0.288 e. The molecule has 0 fully saturated rings. The number of fused-ring (bicyclic) bond motifs is 3. The molecule has 0 spiro atoms. The maximum atomic E-state index is 11.3. The third kappa shape index (κ3) is 2.61. The number of allylic oxidation sites excluding steroid dienone is 2. The number of nitro groups is 1. The Morgan fingerprint density at radius 3 is 2.92 bits per heavy atom. The van der Waals surface area contributed by atoms with Crippen molar-refractivity contribution >= 4 is 23.0 Å². The van der Waals surface area contributed by atoms with Crippen LogP contribution in [0.15, 0.2) is 48.6 Å². The highest BCUT2D eigenvalue weighted by Gasteiger charge is 2.38. The van der Waals surface area contributed by atoms with Gasteiger partial charge in [0.15, 0.2) is 0 Å². The van der Waals surface area contributed by atoms with Crippen molar-refractivity contribution in [2.75, 3.05) is 5.32 Å². The molecule has 2 aromatic rings. The molecular formula is C20H19ClN2O2. The second-order valence-electron chi connectivity index (χ2n) is 6.68. The summed E-state index contributed by atoms with van der Waals surface area (Å²) in [5.74, 6) is 0.711. The van der Waals surface area contributed by atoms with Crippen molar-refractivity contribution in [3.05, 3.63) is 80.4 Å². The monoisotopic (exact) mass is 354 g/mol. The zero-order valence-corrected chi connectivity index (χ0v) is 14.7. The van der Waals surface area contributed by atoms with Crippen LogP contribution in [0.1, 0.15) is 42.0 Å². The highest BCUT2D eigenvalue weighted by Crippen LogP contribution is 2.51. The van der Waals surface area contributed by atoms with Crippen LogP contribution in [0.2, 0.25) is 5.02 Å². The summed E-state index contributed by atoms with van der Waals surface area (Å²) in [5, 5.41) is 15.1. The number of benzene rings is 2. The molecule has 1 aliphatic heterocycles. The van der Waals surface area contributed by atoms with Crippen LogP contribution in [0.4, 0.5) is 11.4 Å². The van der Waals surface area contributed by atoms with Gasteiger partial charge in [0.1, 0.15) is 5.02 Å². The predicted molar refractivity (Wildman–Crippen MR) is 100 cm³/mol. The molecule has 0 saturated carbocycles. The van der Waals surface area contributed by atoms with Crippen molar-refractivity contribution in [3.8, 4) is 0 Å². The number of rotatable bonds is 3. The zero-order valence-electron chi connectivity index (χ0n) is 13.9. The maximum absolute atomic E-state index is 11.3. The number of aryl methyl sites for hydroxylation is 1. The second kappa shape index (κ2) is 6.19. The standard InChI is InChI=1S/C20H19ClN2O2/c1-2-12-5-3-7-15-14-6-4-8-16(14)20(22-19(12)15)13-9-10-17(21)18(11-13)23(24)25/h3-7,9-11,14,16,20,22H,2,8H2,1H3/t14-,16-,20-/m1/s1. The van der Waals surface area contributed by atoms with Crippen molar-refractivity contribution in [2.24, 2.45) is 5.92 Å². The van der Waals surface area contributed by atoms with E-state index in [2.05, 4.69) is 42.6 Å². The molecule has 4 rings (SSSR count). The number of nitro benzene ring substituents is 1. The van der Waals surface area contributed by atoms with Crippen molar-refractivity contribution in [2.45, 2.75) is 31.7 Å². The van der Waals surface area contributed by atoms with Gasteiger partial charge in [0, 0.05) is 17.7 Å². The average molecular weight is 355 g/mol. The van der Waals surface area contributed by atoms with E-state index in [4.69, 9.17) is 11.6 Å². The van der Waals surface area contributed by atoms with Crippen LogP contribution in [0.3, 0.4) is 0 Å². The largest absolute Gasteiger partial charge is 0.377 e. The van der Waals surface area contributed by atoms with Gasteiger partial charge in [-0.25, -0.2) is 0 Å². The molecule has 0 saturated heterocycles. The van der Waals surface area contributed by atoms with Crippen molar-refractivity contribution in [1.29, 1.82) is 0 Å². The molecular weight excluding hydrogens is 336 g/mol. The van der Waals surface area contributed by atoms with Gasteiger partial charge in [-0.05, 0) is 41.5 Å². The molecule has 5 heteroatoms. The SMILES string of the molecule is CCc1cccc2c1N[C@H](c1ccc(Cl)c([N+](=O)[O-])c1)[C@@H]1CC=C[C@H]21. The van der Waals surface area contributed by atoms with E-state index < -0.39 is 4.92 Å². The zero-order chi connectivity index (χ0) is 17.6. The number of anilines is 1. The minimum Gasteiger partial charge on any atom is -0.377 e. The minimum absolute atomic E-state index is 0.0296. The summed E-state index contributed by atoms with van der Waals surface area (Å²) in [6.07, 6.45) is 6.42. The quantitative estimate of drug-likeness (QED) is 0.441. The molecule has 128 valence electrons. The molecule has 0 radical (unpaired) electrons. The van der Waals surface area contributed by atoms with Crippen LogP contribution in [-0.4, -0.2) is 4.92 Å². The lowest BCUT2D eigenvalue weighted by atomic mass is 9.76. The number of para-hydroxylation sites is 1. The van der Waals surface area contributed by atoms with Crippen LogP contribution < -0.4 is 5.32 Å². The number of hydrogen-bond acceptors (Lipinski definition) is 3. The lowest BCUT2D eigenvalue weighted by Gasteiger charge is -2.38. The molecule has 2 aliphatic rings. The highest BCUT2D eigenvalue weighted by atomic mass is 35.5. The average Bonchev–Trinajstić information content (AvgIpc) is 3.10. The van der Waals surface area contributed by atoms with Gasteiger partial charge in [0.25, 0.3) is 5.69 Å². The fourth-order valence-corrected chi connectivity index (χ4v) is 4.36. The van der Waals surface area contributed by atoms with E-state index in [-0.39, 0.29) is 16.8 Å². The van der Waals surface area contributed by atoms with Gasteiger partial charge < -0.3 is 5.32 Å². The van der Waals surface area contributed by atoms with Crippen LogP contribution in [0.5, 0.6) is 0 Å². The number of halogens is 1. The molecule has 0 unspecified atom stereocenters. The Balaban J connectivity index is 1.81. The van der Waals surface area contributed by atoms with E-state index in [0.29, 0.717) is 11.8 Å². The van der Waals surface area contributed by atoms with Crippen LogP contribution >= 0.6 is 11.6 Å². The first kappa shape index (κ1) is 16.2. The van der Waals surface area contributed by atoms with Gasteiger partial charge in [0.05, 0.1) is 11.0 Å². The van der Waals surface area contributed by atoms with Gasteiger partial charge in [0.2, 0.25) is 0 Å². The lowest BCUT2D eigenvalue weighted by molar-refractivity contribution is -0.384. The first-order valence-electron chi connectivity index (χ1n) is 8.59. The third-order valence-corrected chi connectivity index (χ3v) is 5.71. The molecule has 25 heavy (non-hydrogen) atoms. The Bertz CT molecular complexity index is 878. The first-order valence-corrected chi connectivity index (χ1v) is 8.96. The Morgan fingerprint density at radius 2 is 2.16 bits per heavy atom. The Hall–Kier alpha value is -2.33. The topological polar surface area (TPSA) is 55.2 Å². The second-order valence-corrected chi connectivity index (χ2v) is 7.09. The Morgan fingerprint density at radius 1 is 1.32 bits per heavy atom. The summed E-state index contributed by atoms with van der Waals surface area (Å²) in [5.41, 5.74) is 4.69. The van der Waals surface area contributed by atoms with E-state index in [9.17, 15) is 10.1 Å². The van der Waals surface area contributed by atoms with Gasteiger partial charge in [-0.15, -0.1) is 0 Å². The summed E-state index contributed by atoms with van der Waals surface area (Å²) in [6.45, 7) is 2.15. The molecule has 3 atom stereocenters. The fourth-order valence-electron chi connectivity index (χ4n) is 4.17. The van der Waals surface area contributed by atoms with Gasteiger partial charge >= 0.3 is 0 Å². The van der Waals surface area contributed by atoms with Crippen molar-refractivity contribution in [1.82, 2.24) is 0 Å². The van der Waals surface area contributed by atoms with Crippen molar-refractivity contribution < 1.29 is 4.92 Å². The van der Waals surface area contributed by atoms with Crippen LogP contribution in [-0.2, 0) is 6.42 Å². The Labute approximate surface area is 151 Å². The van der Waals surface area contributed by atoms with Crippen LogP contribution in [0, 0.1) is 16.0 Å². The summed E-state index contributed by atoms with van der Waals surface area (Å²) in [4.78, 5) is 10.9. The summed E-state index contributed by atoms with van der Waals surface area (Å²) in [6, 6.07) is 11.7. The fraction of sp³-hybridized carbons (Fsp3) is 0.300. The first-order chi connectivity index (χ1) is 12.1. The van der Waals surface area contributed by atoms with E-state index in [1.54, 1.807) is 12.1 Å². The van der Waals surface area contributed by atoms with Crippen LogP contribution in [0.25, 0.3) is 0 Å². The highest BCUT2D eigenvalue weighted by molar-refractivity contribution is 6.32. The summed E-state index contributed by atoms with van der Waals surface area (Å²) >= 11 is 6.00. The Kier molecular flexibility index (Phi) is 4.00. The number of nitrogens with zero attached hydrogens (tertiary/aromatic N) is 1. The minimum atomic E-state index is -0.412. The third-order valence-electron chi connectivity index (χ3n) is 5.39. The van der Waals surface area contributed by atoms with Crippen molar-refractivity contribution in [3.63, 3.8) is 0 Å². The molecule has 1 N–H and O–H groups in total. The lowest BCUT2D eigenvalue weighted by Crippen LogP contribution is -2.29. The van der Waals surface area contributed by atoms with Gasteiger partial charge in [-0.2, -0.15) is 0 Å². The molecule has 1 aliphatic carbocycles. The normalized spacial score (nSPS) is 23.7. The summed E-state index contributed by atoms with van der Waals surface area (Å²) < 4.78 is 0. The van der Waals surface area contributed by atoms with Gasteiger partial charge in [-0.3, -0.25) is 10.1 Å². The van der Waals surface area contributed by atoms with E-state index >= 15 is 0 Å². The van der Waals surface area contributed by atoms with E-state index in [1.165, 1.54) is 16.8 Å². The molecule has 2 aromatic carbocycles. The number of nitrogens with one attached hydrogen (secondary N) is 1. The molecule has 1 heterocycles. The van der Waals surface area contributed by atoms with E-state index in [1.807, 2.05) is 6.07 Å². The number of hydrogen-bond donors (Lipinski definition) is 1. The predicted octanol–water partition coefficient (Wildman–Crippen LogP) is 5.64. The smallest absolute Gasteiger partial charge is 0.288 e. The molecule has 0 aromatic heterocycles. The summed E-state index contributed by atoms with van der Waals surface area (Å²) in [7, 11) is 0.